The normalized spacial score (nSPS) is 32.2. The number of aromatic nitrogens is 3. The number of halogens is 1. The quantitative estimate of drug-likeness (QED) is 0.887. The van der Waals surface area contributed by atoms with E-state index in [1.807, 2.05) is 6.92 Å². The Balaban J connectivity index is 1.38. The molecule has 4 bridgehead atoms. The molecule has 0 spiro atoms. The predicted molar refractivity (Wildman–Crippen MR) is 95.9 cm³/mol. The Bertz CT molecular complexity index is 820. The number of hydrogen-bond donors (Lipinski definition) is 1. The van der Waals surface area contributed by atoms with Crippen LogP contribution in [0.2, 0.25) is 5.02 Å². The molecule has 6 rings (SSSR count). The highest BCUT2D eigenvalue weighted by molar-refractivity contribution is 6.30. The highest BCUT2D eigenvalue weighted by atomic mass is 35.5. The summed E-state index contributed by atoms with van der Waals surface area (Å²) in [5, 5.41) is 12.2. The molecule has 26 heavy (non-hydrogen) atoms. The molecule has 4 fully saturated rings. The van der Waals surface area contributed by atoms with Gasteiger partial charge in [-0.25, -0.2) is 0 Å². The SMILES string of the molecule is Cc1onc(C(=O)NC23CC4CC(CC(C4)C2)C3)c1Cn1cc(Cl)cn1. The van der Waals surface area contributed by atoms with Crippen LogP contribution in [0.1, 0.15) is 60.3 Å². The number of rotatable bonds is 4. The molecular weight excluding hydrogens is 352 g/mol. The first-order chi connectivity index (χ1) is 12.5. The fraction of sp³-hybridized carbons (Fsp3) is 0.632. The van der Waals surface area contributed by atoms with Crippen LogP contribution in [-0.4, -0.2) is 26.4 Å². The van der Waals surface area contributed by atoms with Crippen LogP contribution in [0.25, 0.3) is 0 Å². The molecule has 0 atom stereocenters. The third kappa shape index (κ3) is 2.75. The fourth-order valence-electron chi connectivity index (χ4n) is 5.91. The number of nitrogens with one attached hydrogen (secondary N) is 1. The molecule has 4 saturated carbocycles. The molecule has 0 radical (unpaired) electrons. The number of carbonyl (C=O) groups is 1. The van der Waals surface area contributed by atoms with Gasteiger partial charge in [0.25, 0.3) is 5.91 Å². The van der Waals surface area contributed by atoms with Gasteiger partial charge in [0, 0.05) is 17.3 Å². The summed E-state index contributed by atoms with van der Waals surface area (Å²) in [6.45, 7) is 2.25. The van der Waals surface area contributed by atoms with Gasteiger partial charge >= 0.3 is 0 Å². The zero-order valence-corrected chi connectivity index (χ0v) is 15.6. The van der Waals surface area contributed by atoms with Crippen molar-refractivity contribution in [3.8, 4) is 0 Å². The maximum Gasteiger partial charge on any atom is 0.274 e. The van der Waals surface area contributed by atoms with Crippen molar-refractivity contribution in [2.45, 2.75) is 57.5 Å². The van der Waals surface area contributed by atoms with Crippen LogP contribution in [0.15, 0.2) is 16.9 Å². The molecule has 1 N–H and O–H groups in total. The summed E-state index contributed by atoms with van der Waals surface area (Å²) in [5.41, 5.74) is 1.11. The van der Waals surface area contributed by atoms with E-state index >= 15 is 0 Å². The van der Waals surface area contributed by atoms with E-state index in [1.165, 1.54) is 19.3 Å². The summed E-state index contributed by atoms with van der Waals surface area (Å²) in [6, 6.07) is 0. The van der Waals surface area contributed by atoms with E-state index in [2.05, 4.69) is 15.6 Å². The van der Waals surface area contributed by atoms with Crippen molar-refractivity contribution < 1.29 is 9.32 Å². The van der Waals surface area contributed by atoms with Crippen LogP contribution in [0.3, 0.4) is 0 Å². The minimum Gasteiger partial charge on any atom is -0.361 e. The Morgan fingerprint density at radius 2 is 1.96 bits per heavy atom. The third-order valence-electron chi connectivity index (χ3n) is 6.54. The summed E-state index contributed by atoms with van der Waals surface area (Å²) in [6.07, 6.45) is 10.7. The molecular formula is C19H23ClN4O2. The Morgan fingerprint density at radius 1 is 1.31 bits per heavy atom. The monoisotopic (exact) mass is 374 g/mol. The highest BCUT2D eigenvalue weighted by Crippen LogP contribution is 2.55. The van der Waals surface area contributed by atoms with Gasteiger partial charge in [-0.2, -0.15) is 5.10 Å². The number of hydrogen-bond acceptors (Lipinski definition) is 4. The molecule has 0 aliphatic heterocycles. The second kappa shape index (κ2) is 5.84. The fourth-order valence-corrected chi connectivity index (χ4v) is 6.06. The zero-order valence-electron chi connectivity index (χ0n) is 14.9. The lowest BCUT2D eigenvalue weighted by Crippen LogP contribution is -2.60. The average Bonchev–Trinajstić information content (AvgIpc) is 3.12. The van der Waals surface area contributed by atoms with Gasteiger partial charge in [0.1, 0.15) is 5.76 Å². The molecule has 1 amide bonds. The van der Waals surface area contributed by atoms with Crippen molar-refractivity contribution in [1.82, 2.24) is 20.3 Å². The van der Waals surface area contributed by atoms with Crippen molar-refractivity contribution in [3.05, 3.63) is 34.4 Å². The summed E-state index contributed by atoms with van der Waals surface area (Å²) < 4.78 is 7.03. The first kappa shape index (κ1) is 16.4. The smallest absolute Gasteiger partial charge is 0.274 e. The number of carbonyl (C=O) groups excluding carboxylic acids is 1. The van der Waals surface area contributed by atoms with Gasteiger partial charge in [-0.15, -0.1) is 0 Å². The lowest BCUT2D eigenvalue weighted by molar-refractivity contribution is -0.0168. The maximum absolute atomic E-state index is 13.1. The number of aryl methyl sites for hydroxylation is 1. The summed E-state index contributed by atoms with van der Waals surface area (Å²) in [5.74, 6) is 2.88. The molecule has 4 aliphatic rings. The molecule has 2 aromatic heterocycles. The molecule has 0 unspecified atom stereocenters. The Hall–Kier alpha value is -1.82. The van der Waals surface area contributed by atoms with E-state index in [9.17, 15) is 4.79 Å². The van der Waals surface area contributed by atoms with Crippen LogP contribution in [0, 0.1) is 24.7 Å². The number of nitrogens with zero attached hydrogens (tertiary/aromatic N) is 3. The molecule has 0 saturated heterocycles. The molecule has 138 valence electrons. The van der Waals surface area contributed by atoms with Gasteiger partial charge in [0.2, 0.25) is 0 Å². The van der Waals surface area contributed by atoms with Crippen molar-refractivity contribution in [2.75, 3.05) is 0 Å². The molecule has 0 aromatic carbocycles. The molecule has 4 aliphatic carbocycles. The zero-order chi connectivity index (χ0) is 17.9. The number of amides is 1. The Labute approximate surface area is 157 Å². The van der Waals surface area contributed by atoms with Crippen molar-refractivity contribution in [2.24, 2.45) is 17.8 Å². The van der Waals surface area contributed by atoms with Gasteiger partial charge in [-0.05, 0) is 63.2 Å². The molecule has 6 nitrogen and oxygen atoms in total. The largest absolute Gasteiger partial charge is 0.361 e. The maximum atomic E-state index is 13.1. The van der Waals surface area contributed by atoms with Crippen LogP contribution >= 0.6 is 11.6 Å². The molecule has 2 heterocycles. The Morgan fingerprint density at radius 3 is 2.54 bits per heavy atom. The lowest BCUT2D eigenvalue weighted by Gasteiger charge is -2.56. The predicted octanol–water partition coefficient (Wildman–Crippen LogP) is 3.58. The minimum atomic E-state index is -0.114. The van der Waals surface area contributed by atoms with E-state index in [0.717, 1.165) is 42.6 Å². The molecule has 2 aromatic rings. The van der Waals surface area contributed by atoms with Crippen LogP contribution in [0.5, 0.6) is 0 Å². The van der Waals surface area contributed by atoms with Crippen LogP contribution < -0.4 is 5.32 Å². The van der Waals surface area contributed by atoms with Crippen LogP contribution in [0.4, 0.5) is 0 Å². The molecule has 7 heteroatoms. The average molecular weight is 375 g/mol. The van der Waals surface area contributed by atoms with Crippen molar-refractivity contribution in [1.29, 1.82) is 0 Å². The van der Waals surface area contributed by atoms with Gasteiger partial charge in [0.15, 0.2) is 5.69 Å². The summed E-state index contributed by atoms with van der Waals surface area (Å²) in [4.78, 5) is 13.1. The summed E-state index contributed by atoms with van der Waals surface area (Å²) >= 11 is 5.94. The first-order valence-corrected chi connectivity index (χ1v) is 9.83. The standard InChI is InChI=1S/C19H23ClN4O2/c1-11-16(10-24-9-15(20)8-21-24)17(23-26-11)18(25)22-19-5-12-2-13(6-19)4-14(3-12)7-19/h8-9,12-14H,2-7,10H2,1H3,(H,22,25). The van der Waals surface area contributed by atoms with Crippen molar-refractivity contribution in [3.63, 3.8) is 0 Å². The van der Waals surface area contributed by atoms with E-state index in [1.54, 1.807) is 17.1 Å². The summed E-state index contributed by atoms with van der Waals surface area (Å²) in [7, 11) is 0. The highest BCUT2D eigenvalue weighted by Gasteiger charge is 2.51. The third-order valence-corrected chi connectivity index (χ3v) is 6.73. The van der Waals surface area contributed by atoms with E-state index in [-0.39, 0.29) is 11.4 Å². The van der Waals surface area contributed by atoms with Gasteiger partial charge in [-0.1, -0.05) is 16.8 Å². The van der Waals surface area contributed by atoms with Gasteiger partial charge in [-0.3, -0.25) is 9.48 Å². The second-order valence-corrected chi connectivity index (χ2v) is 9.01. The van der Waals surface area contributed by atoms with Crippen LogP contribution in [-0.2, 0) is 6.54 Å². The van der Waals surface area contributed by atoms with Gasteiger partial charge in [0.05, 0.1) is 17.8 Å². The topological polar surface area (TPSA) is 73.0 Å². The Kier molecular flexibility index (Phi) is 3.68. The lowest BCUT2D eigenvalue weighted by atomic mass is 9.53. The van der Waals surface area contributed by atoms with Gasteiger partial charge < -0.3 is 9.84 Å². The first-order valence-electron chi connectivity index (χ1n) is 9.45. The van der Waals surface area contributed by atoms with E-state index < -0.39 is 0 Å². The minimum absolute atomic E-state index is 0.0367. The van der Waals surface area contributed by atoms with E-state index in [0.29, 0.717) is 23.0 Å². The second-order valence-electron chi connectivity index (χ2n) is 8.57. The van der Waals surface area contributed by atoms with E-state index in [4.69, 9.17) is 16.1 Å². The van der Waals surface area contributed by atoms with Crippen molar-refractivity contribution >= 4 is 17.5 Å².